The van der Waals surface area contributed by atoms with Crippen molar-refractivity contribution in [2.45, 2.75) is 16.7 Å². The van der Waals surface area contributed by atoms with Gasteiger partial charge in [0.2, 0.25) is 15.9 Å². The molecule has 9 heteroatoms. The second-order valence-corrected chi connectivity index (χ2v) is 10.2. The summed E-state index contributed by atoms with van der Waals surface area (Å²) >= 11 is 1.54. The first kappa shape index (κ1) is 20.2. The van der Waals surface area contributed by atoms with Crippen molar-refractivity contribution in [1.82, 2.24) is 4.31 Å². The lowest BCUT2D eigenvalue weighted by Gasteiger charge is -2.35. The van der Waals surface area contributed by atoms with Gasteiger partial charge in [0.25, 0.3) is 0 Å². The van der Waals surface area contributed by atoms with Crippen LogP contribution < -0.4 is 10.2 Å². The minimum Gasteiger partial charge on any atom is -0.367 e. The number of rotatable bonds is 3. The predicted molar refractivity (Wildman–Crippen MR) is 112 cm³/mol. The van der Waals surface area contributed by atoms with Crippen molar-refractivity contribution in [1.29, 1.82) is 0 Å². The van der Waals surface area contributed by atoms with Crippen LogP contribution in [0.15, 0.2) is 52.3 Å². The van der Waals surface area contributed by atoms with Gasteiger partial charge < -0.3 is 10.2 Å². The maximum Gasteiger partial charge on any atom is 0.243 e. The molecule has 1 amide bonds. The summed E-state index contributed by atoms with van der Waals surface area (Å²) in [6.45, 7) is 3.21. The molecule has 1 N–H and O–H groups in total. The summed E-state index contributed by atoms with van der Waals surface area (Å²) in [6.07, 6.45) is 0. The van der Waals surface area contributed by atoms with Gasteiger partial charge in [0.05, 0.1) is 16.3 Å². The monoisotopic (exact) mass is 435 g/mol. The van der Waals surface area contributed by atoms with Crippen LogP contribution >= 0.6 is 11.8 Å². The molecule has 2 heterocycles. The van der Waals surface area contributed by atoms with Gasteiger partial charge in [0, 0.05) is 42.7 Å². The molecule has 0 radical (unpaired) electrons. The number of nitrogens with zero attached hydrogens (tertiary/aromatic N) is 2. The second-order valence-electron chi connectivity index (χ2n) is 7.20. The maximum atomic E-state index is 14.0. The SMILES string of the molecule is CC1CSc2ccc(S(=O)(=O)N3CCN(c4ccccc4F)CC3)cc2NC1=O. The number of hydrogen-bond donors (Lipinski definition) is 1. The molecule has 1 atom stereocenters. The van der Waals surface area contributed by atoms with Crippen LogP contribution in [-0.4, -0.2) is 50.6 Å². The van der Waals surface area contributed by atoms with Crippen molar-refractivity contribution in [3.8, 4) is 0 Å². The van der Waals surface area contributed by atoms with E-state index in [1.807, 2.05) is 11.8 Å². The number of anilines is 2. The average molecular weight is 436 g/mol. The maximum absolute atomic E-state index is 14.0. The number of amides is 1. The topological polar surface area (TPSA) is 69.7 Å². The van der Waals surface area contributed by atoms with Crippen LogP contribution in [0.25, 0.3) is 0 Å². The van der Waals surface area contributed by atoms with E-state index >= 15 is 0 Å². The molecule has 1 fully saturated rings. The predicted octanol–water partition coefficient (Wildman–Crippen LogP) is 3.02. The van der Waals surface area contributed by atoms with E-state index in [4.69, 9.17) is 0 Å². The molecular formula is C20H22FN3O3S2. The van der Waals surface area contributed by atoms with Gasteiger partial charge in [-0.25, -0.2) is 12.8 Å². The van der Waals surface area contributed by atoms with Crippen molar-refractivity contribution in [3.63, 3.8) is 0 Å². The van der Waals surface area contributed by atoms with Gasteiger partial charge in [0.1, 0.15) is 5.82 Å². The summed E-state index contributed by atoms with van der Waals surface area (Å²) in [7, 11) is -3.70. The van der Waals surface area contributed by atoms with Crippen molar-refractivity contribution in [2.24, 2.45) is 5.92 Å². The molecule has 1 saturated heterocycles. The number of carbonyl (C=O) groups is 1. The van der Waals surface area contributed by atoms with E-state index < -0.39 is 10.0 Å². The molecule has 154 valence electrons. The van der Waals surface area contributed by atoms with Crippen LogP contribution in [0.4, 0.5) is 15.8 Å². The van der Waals surface area contributed by atoms with Gasteiger partial charge in [-0.1, -0.05) is 19.1 Å². The Labute approximate surface area is 174 Å². The molecule has 0 saturated carbocycles. The largest absolute Gasteiger partial charge is 0.367 e. The smallest absolute Gasteiger partial charge is 0.243 e. The lowest BCUT2D eigenvalue weighted by atomic mass is 10.2. The summed E-state index contributed by atoms with van der Waals surface area (Å²) in [5.41, 5.74) is 1.03. The minimum absolute atomic E-state index is 0.107. The summed E-state index contributed by atoms with van der Waals surface area (Å²) in [5, 5.41) is 2.83. The summed E-state index contributed by atoms with van der Waals surface area (Å²) in [5.74, 6) is 0.100. The molecule has 0 bridgehead atoms. The molecule has 2 aliphatic heterocycles. The molecule has 4 rings (SSSR count). The minimum atomic E-state index is -3.70. The number of benzene rings is 2. The number of nitrogens with one attached hydrogen (secondary N) is 1. The fourth-order valence-corrected chi connectivity index (χ4v) is 5.93. The molecule has 2 aromatic carbocycles. The van der Waals surface area contributed by atoms with Crippen LogP contribution in [0.2, 0.25) is 0 Å². The zero-order valence-electron chi connectivity index (χ0n) is 16.0. The van der Waals surface area contributed by atoms with Crippen LogP contribution in [0, 0.1) is 11.7 Å². The fraction of sp³-hybridized carbons (Fsp3) is 0.350. The highest BCUT2D eigenvalue weighted by atomic mass is 32.2. The van der Waals surface area contributed by atoms with Crippen LogP contribution in [0.1, 0.15) is 6.92 Å². The molecule has 0 aliphatic carbocycles. The third-order valence-corrected chi connectivity index (χ3v) is 8.44. The highest BCUT2D eigenvalue weighted by Crippen LogP contribution is 2.35. The van der Waals surface area contributed by atoms with Crippen LogP contribution in [0.3, 0.4) is 0 Å². The number of carbonyl (C=O) groups excluding carboxylic acids is 1. The quantitative estimate of drug-likeness (QED) is 0.803. The summed E-state index contributed by atoms with van der Waals surface area (Å²) in [4.78, 5) is 15.0. The lowest BCUT2D eigenvalue weighted by Crippen LogP contribution is -2.48. The summed E-state index contributed by atoms with van der Waals surface area (Å²) in [6, 6.07) is 11.4. The molecule has 2 aliphatic rings. The number of thioether (sulfide) groups is 1. The lowest BCUT2D eigenvalue weighted by molar-refractivity contribution is -0.118. The highest BCUT2D eigenvalue weighted by molar-refractivity contribution is 7.99. The number of para-hydroxylation sites is 1. The van der Waals surface area contributed by atoms with E-state index in [2.05, 4.69) is 5.32 Å². The molecule has 0 aromatic heterocycles. The molecule has 2 aromatic rings. The third kappa shape index (κ3) is 3.99. The Bertz CT molecular complexity index is 1040. The van der Waals surface area contributed by atoms with Crippen molar-refractivity contribution in [2.75, 3.05) is 42.1 Å². The molecule has 0 spiro atoms. The van der Waals surface area contributed by atoms with Crippen LogP contribution in [-0.2, 0) is 14.8 Å². The Hall–Kier alpha value is -2.10. The molecule has 1 unspecified atom stereocenters. The fourth-order valence-electron chi connectivity index (χ4n) is 3.47. The Morgan fingerprint density at radius 3 is 2.55 bits per heavy atom. The molecule has 29 heavy (non-hydrogen) atoms. The van der Waals surface area contributed by atoms with Gasteiger partial charge in [-0.3, -0.25) is 4.79 Å². The van der Waals surface area contributed by atoms with E-state index in [9.17, 15) is 17.6 Å². The number of piperazine rings is 1. The number of sulfonamides is 1. The standard InChI is InChI=1S/C20H22FN3O3S2/c1-14-13-28-19-7-6-15(12-17(19)22-20(14)25)29(26,27)24-10-8-23(9-11-24)18-5-3-2-4-16(18)21/h2-7,12,14H,8-11,13H2,1H3,(H,22,25). The Balaban J connectivity index is 1.52. The van der Waals surface area contributed by atoms with Gasteiger partial charge in [-0.2, -0.15) is 4.31 Å². The number of halogens is 1. The number of hydrogen-bond acceptors (Lipinski definition) is 5. The van der Waals surface area contributed by atoms with Gasteiger partial charge in [0.15, 0.2) is 0 Å². The van der Waals surface area contributed by atoms with E-state index in [0.717, 1.165) is 4.90 Å². The Morgan fingerprint density at radius 2 is 1.83 bits per heavy atom. The Kier molecular flexibility index (Phi) is 5.54. The number of fused-ring (bicyclic) bond motifs is 1. The average Bonchev–Trinajstić information content (AvgIpc) is 2.86. The Morgan fingerprint density at radius 1 is 1.10 bits per heavy atom. The van der Waals surface area contributed by atoms with Gasteiger partial charge in [-0.05, 0) is 30.3 Å². The van der Waals surface area contributed by atoms with E-state index in [-0.39, 0.29) is 35.6 Å². The first-order valence-electron chi connectivity index (χ1n) is 9.43. The van der Waals surface area contributed by atoms with Gasteiger partial charge >= 0.3 is 0 Å². The van der Waals surface area contributed by atoms with Crippen molar-refractivity contribution < 1.29 is 17.6 Å². The van der Waals surface area contributed by atoms with Crippen molar-refractivity contribution >= 4 is 39.1 Å². The highest BCUT2D eigenvalue weighted by Gasteiger charge is 2.30. The zero-order valence-corrected chi connectivity index (χ0v) is 17.6. The second kappa shape index (κ2) is 7.97. The van der Waals surface area contributed by atoms with E-state index in [1.54, 1.807) is 42.1 Å². The van der Waals surface area contributed by atoms with E-state index in [0.29, 0.717) is 30.2 Å². The molecular weight excluding hydrogens is 413 g/mol. The summed E-state index contributed by atoms with van der Waals surface area (Å²) < 4.78 is 41.7. The normalized spacial score (nSPS) is 20.7. The first-order chi connectivity index (χ1) is 13.9. The van der Waals surface area contributed by atoms with E-state index in [1.165, 1.54) is 16.4 Å². The van der Waals surface area contributed by atoms with Gasteiger partial charge in [-0.15, -0.1) is 11.8 Å². The van der Waals surface area contributed by atoms with Crippen molar-refractivity contribution in [3.05, 3.63) is 48.3 Å². The van der Waals surface area contributed by atoms with Crippen LogP contribution in [0.5, 0.6) is 0 Å². The third-order valence-electron chi connectivity index (χ3n) is 5.21. The zero-order chi connectivity index (χ0) is 20.6. The first-order valence-corrected chi connectivity index (χ1v) is 11.9. The molecule has 6 nitrogen and oxygen atoms in total.